The van der Waals surface area contributed by atoms with E-state index >= 15 is 0 Å². The van der Waals surface area contributed by atoms with Gasteiger partial charge in [0.1, 0.15) is 11.9 Å². The molecule has 2 aromatic rings. The lowest BCUT2D eigenvalue weighted by Crippen LogP contribution is -2.18. The fourth-order valence-corrected chi connectivity index (χ4v) is 3.44. The maximum absolute atomic E-state index is 12.1. The van der Waals surface area contributed by atoms with E-state index in [-0.39, 0.29) is 12.4 Å². The third-order valence-corrected chi connectivity index (χ3v) is 4.36. The first-order valence-corrected chi connectivity index (χ1v) is 8.91. The van der Waals surface area contributed by atoms with Crippen LogP contribution < -0.4 is 5.32 Å². The maximum atomic E-state index is 12.1. The molecule has 5 nitrogen and oxygen atoms in total. The van der Waals surface area contributed by atoms with Crippen molar-refractivity contribution >= 4 is 43.6 Å². The van der Waals surface area contributed by atoms with Crippen LogP contribution >= 0.6 is 31.9 Å². The molecule has 0 radical (unpaired) electrons. The van der Waals surface area contributed by atoms with Crippen LogP contribution in [0.4, 0.5) is 10.5 Å². The number of halogens is 2. The molecule has 0 aliphatic heterocycles. The molecular formula is C17H17Br2NO4. The van der Waals surface area contributed by atoms with Gasteiger partial charge in [-0.3, -0.25) is 5.32 Å². The molecule has 1 amide bonds. The van der Waals surface area contributed by atoms with Crippen LogP contribution in [0, 0.1) is 0 Å². The molecule has 0 fully saturated rings. The van der Waals surface area contributed by atoms with E-state index in [0.29, 0.717) is 28.6 Å². The molecule has 2 aromatic carbocycles. The van der Waals surface area contributed by atoms with E-state index in [2.05, 4.69) is 37.2 Å². The van der Waals surface area contributed by atoms with Crippen molar-refractivity contribution in [3.63, 3.8) is 0 Å². The van der Waals surface area contributed by atoms with Crippen LogP contribution in [0.3, 0.4) is 0 Å². The predicted molar refractivity (Wildman–Crippen MR) is 99.1 cm³/mol. The highest BCUT2D eigenvalue weighted by molar-refractivity contribution is 9.11. The Bertz CT molecular complexity index is 694. The van der Waals surface area contributed by atoms with Gasteiger partial charge < -0.3 is 14.9 Å². The fourth-order valence-electron chi connectivity index (χ4n) is 2.18. The summed E-state index contributed by atoms with van der Waals surface area (Å²) in [5.74, 6) is 0.00801. The van der Waals surface area contributed by atoms with Crippen LogP contribution in [0.25, 0.3) is 0 Å². The van der Waals surface area contributed by atoms with Crippen LogP contribution in [0.15, 0.2) is 51.4 Å². The summed E-state index contributed by atoms with van der Waals surface area (Å²) in [7, 11) is 0. The number of para-hydroxylation sites is 1. The van der Waals surface area contributed by atoms with Crippen molar-refractivity contribution in [3.05, 3.63) is 57.0 Å². The third kappa shape index (κ3) is 5.22. The highest BCUT2D eigenvalue weighted by Crippen LogP contribution is 2.38. The van der Waals surface area contributed by atoms with Crippen molar-refractivity contribution in [2.24, 2.45) is 0 Å². The zero-order chi connectivity index (χ0) is 17.5. The minimum absolute atomic E-state index is 0.00801. The number of aliphatic hydroxyl groups excluding tert-OH is 1. The molecule has 1 atom stereocenters. The van der Waals surface area contributed by atoms with Gasteiger partial charge >= 0.3 is 6.09 Å². The Morgan fingerprint density at radius 2 is 1.92 bits per heavy atom. The van der Waals surface area contributed by atoms with Crippen LogP contribution in [0.2, 0.25) is 0 Å². The van der Waals surface area contributed by atoms with Crippen LogP contribution in [0.1, 0.15) is 24.5 Å². The quantitative estimate of drug-likeness (QED) is 0.570. The third-order valence-electron chi connectivity index (χ3n) is 3.30. The second-order valence-electron chi connectivity index (χ2n) is 5.08. The highest BCUT2D eigenvalue weighted by atomic mass is 79.9. The van der Waals surface area contributed by atoms with Crippen molar-refractivity contribution in [2.75, 3.05) is 11.9 Å². The number of hydrogen-bond donors (Lipinski definition) is 3. The number of ether oxygens (including phenoxy) is 1. The number of aliphatic hydroxyl groups is 1. The highest BCUT2D eigenvalue weighted by Gasteiger charge is 2.22. The lowest BCUT2D eigenvalue weighted by Gasteiger charge is -2.20. The Morgan fingerprint density at radius 1 is 1.21 bits per heavy atom. The summed E-state index contributed by atoms with van der Waals surface area (Å²) < 4.78 is 6.70. The Hall–Kier alpha value is -1.57. The Balaban J connectivity index is 2.18. The van der Waals surface area contributed by atoms with Crippen molar-refractivity contribution in [3.8, 4) is 5.75 Å². The van der Waals surface area contributed by atoms with E-state index in [9.17, 15) is 9.90 Å². The van der Waals surface area contributed by atoms with Gasteiger partial charge in [-0.25, -0.2) is 4.79 Å². The average molecular weight is 459 g/mol. The molecule has 0 unspecified atom stereocenters. The standard InChI is InChI=1S/C17H17Br2NO4/c18-11-9-13(16(22)14(19)10-11)15(7-4-8-21)24-17(23)20-12-5-2-1-3-6-12/h1-3,5-6,9-10,15,21-22H,4,7-8H2,(H,20,23)/t15-/m0/s1. The van der Waals surface area contributed by atoms with E-state index in [1.54, 1.807) is 36.4 Å². The molecule has 0 heterocycles. The minimum atomic E-state index is -0.685. The minimum Gasteiger partial charge on any atom is -0.506 e. The molecule has 0 saturated carbocycles. The second kappa shape index (κ2) is 9.05. The molecular weight excluding hydrogens is 442 g/mol. The van der Waals surface area contributed by atoms with E-state index in [0.717, 1.165) is 4.47 Å². The lowest BCUT2D eigenvalue weighted by atomic mass is 10.0. The average Bonchev–Trinajstić information content (AvgIpc) is 2.55. The van der Waals surface area contributed by atoms with E-state index in [1.165, 1.54) is 0 Å². The molecule has 0 bridgehead atoms. The molecule has 7 heteroatoms. The number of nitrogens with one attached hydrogen (secondary N) is 1. The molecule has 0 saturated heterocycles. The summed E-state index contributed by atoms with van der Waals surface area (Å²) in [5, 5.41) is 22.0. The van der Waals surface area contributed by atoms with Gasteiger partial charge in [0.15, 0.2) is 0 Å². The van der Waals surface area contributed by atoms with Gasteiger partial charge in [-0.15, -0.1) is 0 Å². The summed E-state index contributed by atoms with van der Waals surface area (Å²) in [5.41, 5.74) is 1.08. The number of rotatable bonds is 6. The van der Waals surface area contributed by atoms with Gasteiger partial charge in [0.2, 0.25) is 0 Å². The van der Waals surface area contributed by atoms with Gasteiger partial charge in [0.05, 0.1) is 4.47 Å². The molecule has 128 valence electrons. The largest absolute Gasteiger partial charge is 0.506 e. The maximum Gasteiger partial charge on any atom is 0.412 e. The van der Waals surface area contributed by atoms with Crippen molar-refractivity contribution in [1.29, 1.82) is 0 Å². The zero-order valence-corrected chi connectivity index (χ0v) is 15.9. The molecule has 2 rings (SSSR count). The second-order valence-corrected chi connectivity index (χ2v) is 6.85. The van der Waals surface area contributed by atoms with Gasteiger partial charge in [-0.1, -0.05) is 34.1 Å². The Labute approximate surface area is 156 Å². The number of anilines is 1. The molecule has 0 aromatic heterocycles. The van der Waals surface area contributed by atoms with Crippen LogP contribution in [-0.2, 0) is 4.74 Å². The summed E-state index contributed by atoms with van der Waals surface area (Å²) in [6, 6.07) is 12.3. The van der Waals surface area contributed by atoms with E-state index in [4.69, 9.17) is 9.84 Å². The number of phenols is 1. The van der Waals surface area contributed by atoms with Crippen molar-refractivity contribution < 1.29 is 19.7 Å². The van der Waals surface area contributed by atoms with Crippen LogP contribution in [-0.4, -0.2) is 22.9 Å². The van der Waals surface area contributed by atoms with Gasteiger partial charge in [-0.2, -0.15) is 0 Å². The smallest absolute Gasteiger partial charge is 0.412 e. The first-order valence-electron chi connectivity index (χ1n) is 7.32. The SMILES string of the molecule is O=C(Nc1ccccc1)O[C@@H](CCCO)c1cc(Br)cc(Br)c1O. The molecule has 24 heavy (non-hydrogen) atoms. The molecule has 3 N–H and O–H groups in total. The summed E-state index contributed by atoms with van der Waals surface area (Å²) in [4.78, 5) is 12.1. The number of aromatic hydroxyl groups is 1. The zero-order valence-electron chi connectivity index (χ0n) is 12.7. The Morgan fingerprint density at radius 3 is 2.58 bits per heavy atom. The molecule has 0 aliphatic rings. The number of carbonyl (C=O) groups excluding carboxylic acids is 1. The summed E-state index contributed by atoms with van der Waals surface area (Å²) in [6.07, 6.45) is -0.489. The Kier molecular flexibility index (Phi) is 7.08. The predicted octanol–water partition coefficient (Wildman–Crippen LogP) is 4.98. The van der Waals surface area contributed by atoms with Gasteiger partial charge in [0.25, 0.3) is 0 Å². The van der Waals surface area contributed by atoms with Gasteiger partial charge in [0, 0.05) is 22.3 Å². The fraction of sp³-hybridized carbons (Fsp3) is 0.235. The monoisotopic (exact) mass is 457 g/mol. The normalized spacial score (nSPS) is 11.8. The number of phenolic OH excluding ortho intramolecular Hbond substituents is 1. The lowest BCUT2D eigenvalue weighted by molar-refractivity contribution is 0.0979. The summed E-state index contributed by atoms with van der Waals surface area (Å²) >= 11 is 6.62. The molecule has 0 spiro atoms. The number of benzene rings is 2. The van der Waals surface area contributed by atoms with E-state index < -0.39 is 12.2 Å². The molecule has 0 aliphatic carbocycles. The van der Waals surface area contributed by atoms with E-state index in [1.807, 2.05) is 6.07 Å². The number of amides is 1. The van der Waals surface area contributed by atoms with Gasteiger partial charge in [-0.05, 0) is 53.0 Å². The number of carbonyl (C=O) groups is 1. The topological polar surface area (TPSA) is 78.8 Å². The summed E-state index contributed by atoms with van der Waals surface area (Å²) in [6.45, 7) is -0.0316. The van der Waals surface area contributed by atoms with Crippen LogP contribution in [0.5, 0.6) is 5.75 Å². The number of hydrogen-bond acceptors (Lipinski definition) is 4. The van der Waals surface area contributed by atoms with Crippen molar-refractivity contribution in [2.45, 2.75) is 18.9 Å². The van der Waals surface area contributed by atoms with Crippen molar-refractivity contribution in [1.82, 2.24) is 0 Å². The first kappa shape index (κ1) is 18.8. The first-order chi connectivity index (χ1) is 11.5.